The van der Waals surface area contributed by atoms with Gasteiger partial charge in [0.15, 0.2) is 17.5 Å². The predicted octanol–water partition coefficient (Wildman–Crippen LogP) is 3.36. The first-order chi connectivity index (χ1) is 11.2. The zero-order chi connectivity index (χ0) is 16.7. The third-order valence-electron chi connectivity index (χ3n) is 4.07. The van der Waals surface area contributed by atoms with E-state index in [4.69, 9.17) is 4.74 Å². The monoisotopic (exact) mass is 465 g/mol. The SMILES string of the molecule is CCNC(=NCc1ccc(OC)c(O)c1)NC1CCC(SC)C1.I. The lowest BCUT2D eigenvalue weighted by molar-refractivity contribution is 0.373. The number of guanidine groups is 1. The van der Waals surface area contributed by atoms with Gasteiger partial charge in [0.1, 0.15) is 0 Å². The molecule has 1 aromatic rings. The summed E-state index contributed by atoms with van der Waals surface area (Å²) in [7, 11) is 1.55. The number of hydrogen-bond donors (Lipinski definition) is 3. The first-order valence-corrected chi connectivity index (χ1v) is 9.38. The van der Waals surface area contributed by atoms with Gasteiger partial charge in [0.2, 0.25) is 0 Å². The zero-order valence-electron chi connectivity index (χ0n) is 14.5. The van der Waals surface area contributed by atoms with Crippen molar-refractivity contribution in [3.63, 3.8) is 0 Å². The van der Waals surface area contributed by atoms with E-state index in [0.29, 0.717) is 18.3 Å². The van der Waals surface area contributed by atoms with Gasteiger partial charge < -0.3 is 20.5 Å². The number of hydrogen-bond acceptors (Lipinski definition) is 4. The van der Waals surface area contributed by atoms with Crippen molar-refractivity contribution in [1.29, 1.82) is 0 Å². The molecular weight excluding hydrogens is 437 g/mol. The number of benzene rings is 1. The minimum atomic E-state index is 0. The van der Waals surface area contributed by atoms with Crippen molar-refractivity contribution < 1.29 is 9.84 Å². The van der Waals surface area contributed by atoms with E-state index in [1.165, 1.54) is 19.3 Å². The highest BCUT2D eigenvalue weighted by Gasteiger charge is 2.24. The number of nitrogens with zero attached hydrogens (tertiary/aromatic N) is 1. The average Bonchev–Trinajstić information content (AvgIpc) is 3.00. The largest absolute Gasteiger partial charge is 0.504 e. The van der Waals surface area contributed by atoms with Gasteiger partial charge in [-0.2, -0.15) is 11.8 Å². The fraction of sp³-hybridized carbons (Fsp3) is 0.588. The minimum absolute atomic E-state index is 0. The molecule has 2 rings (SSSR count). The van der Waals surface area contributed by atoms with Crippen LogP contribution in [-0.2, 0) is 6.54 Å². The first kappa shape index (κ1) is 21.2. The average molecular weight is 465 g/mol. The summed E-state index contributed by atoms with van der Waals surface area (Å²) >= 11 is 1.95. The van der Waals surface area contributed by atoms with Gasteiger partial charge >= 0.3 is 0 Å². The Bertz CT molecular complexity index is 543. The van der Waals surface area contributed by atoms with Gasteiger partial charge in [0, 0.05) is 17.8 Å². The highest BCUT2D eigenvalue weighted by atomic mass is 127. The van der Waals surface area contributed by atoms with Gasteiger partial charge in [-0.05, 0) is 50.1 Å². The van der Waals surface area contributed by atoms with Gasteiger partial charge in [0.25, 0.3) is 0 Å². The van der Waals surface area contributed by atoms with E-state index in [2.05, 4.69) is 28.8 Å². The number of rotatable bonds is 6. The molecule has 24 heavy (non-hydrogen) atoms. The molecule has 5 nitrogen and oxygen atoms in total. The number of phenolic OH excluding ortho intramolecular Hbond substituents is 1. The number of nitrogens with one attached hydrogen (secondary N) is 2. The van der Waals surface area contributed by atoms with Crippen LogP contribution in [0.5, 0.6) is 11.5 Å². The van der Waals surface area contributed by atoms with Crippen LogP contribution in [0, 0.1) is 0 Å². The second-order valence-corrected chi connectivity index (χ2v) is 6.85. The molecule has 2 unspecified atom stereocenters. The Hall–Kier alpha value is -0.830. The Morgan fingerprint density at radius 1 is 1.42 bits per heavy atom. The quantitative estimate of drug-likeness (QED) is 0.342. The van der Waals surface area contributed by atoms with E-state index in [0.717, 1.165) is 23.3 Å². The molecule has 0 heterocycles. The summed E-state index contributed by atoms with van der Waals surface area (Å²) in [6, 6.07) is 5.88. The van der Waals surface area contributed by atoms with Crippen molar-refractivity contribution in [3.8, 4) is 11.5 Å². The van der Waals surface area contributed by atoms with Crippen molar-refractivity contribution in [3.05, 3.63) is 23.8 Å². The molecule has 1 fully saturated rings. The van der Waals surface area contributed by atoms with Crippen LogP contribution < -0.4 is 15.4 Å². The maximum atomic E-state index is 9.84. The molecule has 7 heteroatoms. The van der Waals surface area contributed by atoms with Crippen LogP contribution in [0.4, 0.5) is 0 Å². The van der Waals surface area contributed by atoms with Crippen LogP contribution >= 0.6 is 35.7 Å². The van der Waals surface area contributed by atoms with Gasteiger partial charge in [0.05, 0.1) is 13.7 Å². The highest BCUT2D eigenvalue weighted by molar-refractivity contribution is 14.0. The number of ether oxygens (including phenoxy) is 1. The predicted molar refractivity (Wildman–Crippen MR) is 113 cm³/mol. The number of halogens is 1. The maximum absolute atomic E-state index is 9.84. The molecule has 0 bridgehead atoms. The molecule has 0 amide bonds. The Morgan fingerprint density at radius 2 is 2.21 bits per heavy atom. The van der Waals surface area contributed by atoms with Crippen LogP contribution in [0.2, 0.25) is 0 Å². The summed E-state index contributed by atoms with van der Waals surface area (Å²) < 4.78 is 5.06. The molecule has 0 spiro atoms. The fourth-order valence-corrected chi connectivity index (χ4v) is 3.60. The van der Waals surface area contributed by atoms with Crippen LogP contribution in [0.1, 0.15) is 31.7 Å². The van der Waals surface area contributed by atoms with Gasteiger partial charge in [-0.3, -0.25) is 0 Å². The molecule has 1 aliphatic carbocycles. The summed E-state index contributed by atoms with van der Waals surface area (Å²) in [5.74, 6) is 1.48. The summed E-state index contributed by atoms with van der Waals surface area (Å²) in [4.78, 5) is 4.63. The molecule has 0 aliphatic heterocycles. The van der Waals surface area contributed by atoms with Crippen LogP contribution in [0.3, 0.4) is 0 Å². The van der Waals surface area contributed by atoms with E-state index < -0.39 is 0 Å². The zero-order valence-corrected chi connectivity index (χ0v) is 17.7. The number of phenols is 1. The lowest BCUT2D eigenvalue weighted by Crippen LogP contribution is -2.42. The minimum Gasteiger partial charge on any atom is -0.504 e. The molecule has 0 aromatic heterocycles. The van der Waals surface area contributed by atoms with E-state index in [9.17, 15) is 5.11 Å². The molecule has 3 N–H and O–H groups in total. The summed E-state index contributed by atoms with van der Waals surface area (Å²) in [5.41, 5.74) is 0.953. The smallest absolute Gasteiger partial charge is 0.191 e. The van der Waals surface area contributed by atoms with Gasteiger partial charge in [-0.25, -0.2) is 4.99 Å². The van der Waals surface area contributed by atoms with E-state index in [-0.39, 0.29) is 29.7 Å². The maximum Gasteiger partial charge on any atom is 0.191 e. The molecule has 1 aromatic carbocycles. The fourth-order valence-electron chi connectivity index (χ4n) is 2.80. The number of thioether (sulfide) groups is 1. The highest BCUT2D eigenvalue weighted by Crippen LogP contribution is 2.28. The van der Waals surface area contributed by atoms with Crippen molar-refractivity contribution in [2.45, 2.75) is 44.0 Å². The molecule has 2 atom stereocenters. The van der Waals surface area contributed by atoms with E-state index in [1.807, 2.05) is 17.8 Å². The summed E-state index contributed by atoms with van der Waals surface area (Å²) in [6.45, 7) is 3.42. The Balaban J connectivity index is 0.00000288. The molecular formula is C17H28IN3O2S. The third-order valence-corrected chi connectivity index (χ3v) is 5.16. The molecule has 0 saturated heterocycles. The number of aromatic hydroxyl groups is 1. The van der Waals surface area contributed by atoms with Crippen molar-refractivity contribution in [2.24, 2.45) is 4.99 Å². The lowest BCUT2D eigenvalue weighted by Gasteiger charge is -2.17. The number of methoxy groups -OCH3 is 1. The van der Waals surface area contributed by atoms with Crippen LogP contribution in [-0.4, -0.2) is 42.3 Å². The molecule has 136 valence electrons. The van der Waals surface area contributed by atoms with Crippen molar-refractivity contribution in [1.82, 2.24) is 10.6 Å². The Labute approximate surface area is 166 Å². The Kier molecular flexibility index (Phi) is 9.65. The van der Waals surface area contributed by atoms with Gasteiger partial charge in [-0.1, -0.05) is 6.07 Å². The Morgan fingerprint density at radius 3 is 2.79 bits per heavy atom. The number of aliphatic imine (C=N–C) groups is 1. The lowest BCUT2D eigenvalue weighted by atomic mass is 10.2. The summed E-state index contributed by atoms with van der Waals surface area (Å²) in [6.07, 6.45) is 5.83. The van der Waals surface area contributed by atoms with Crippen LogP contribution in [0.15, 0.2) is 23.2 Å². The second-order valence-electron chi connectivity index (χ2n) is 5.71. The molecule has 1 aliphatic rings. The third kappa shape index (κ3) is 6.23. The van der Waals surface area contributed by atoms with Crippen molar-refractivity contribution in [2.75, 3.05) is 19.9 Å². The first-order valence-electron chi connectivity index (χ1n) is 8.09. The topological polar surface area (TPSA) is 65.9 Å². The van der Waals surface area contributed by atoms with Gasteiger partial charge in [-0.15, -0.1) is 24.0 Å². The second kappa shape index (κ2) is 10.9. The summed E-state index contributed by atoms with van der Waals surface area (Å²) in [5, 5.41) is 17.4. The standard InChI is InChI=1S/C17H27N3O2S.HI/c1-4-18-17(20-13-6-7-14(10-13)23-3)19-11-12-5-8-16(22-2)15(21)9-12;/h5,8-9,13-14,21H,4,6-7,10-11H2,1-3H3,(H2,18,19,20);1H. The molecule has 0 radical (unpaired) electrons. The van der Waals surface area contributed by atoms with Crippen molar-refractivity contribution >= 4 is 41.7 Å². The molecule has 1 saturated carbocycles. The van der Waals surface area contributed by atoms with Crippen LogP contribution in [0.25, 0.3) is 0 Å². The van der Waals surface area contributed by atoms with E-state index in [1.54, 1.807) is 19.2 Å². The van der Waals surface area contributed by atoms with E-state index >= 15 is 0 Å². The normalized spacial score (nSPS) is 20.4.